The van der Waals surface area contributed by atoms with Gasteiger partial charge in [0.25, 0.3) is 0 Å². The first-order valence-electron chi connectivity index (χ1n) is 9.75. The third kappa shape index (κ3) is 3.48. The molecule has 10 heteroatoms. The second kappa shape index (κ2) is 8.41. The highest BCUT2D eigenvalue weighted by Crippen LogP contribution is 2.49. The zero-order valence-corrected chi connectivity index (χ0v) is 16.9. The van der Waals surface area contributed by atoms with Gasteiger partial charge in [-0.1, -0.05) is 0 Å². The number of hydrogen-bond donors (Lipinski definition) is 6. The molecule has 2 aromatic carbocycles. The molecule has 0 aliphatic carbocycles. The summed E-state index contributed by atoms with van der Waals surface area (Å²) in [6.07, 6.45) is -7.58. The molecule has 5 atom stereocenters. The lowest BCUT2D eigenvalue weighted by Gasteiger charge is -2.40. The molecular formula is C22H22O10. The molecule has 0 saturated carbocycles. The van der Waals surface area contributed by atoms with Gasteiger partial charge < -0.3 is 44.8 Å². The number of ether oxygens (including phenoxy) is 3. The molecule has 1 fully saturated rings. The van der Waals surface area contributed by atoms with Gasteiger partial charge in [0.05, 0.1) is 19.3 Å². The Morgan fingerprint density at radius 1 is 1.00 bits per heavy atom. The van der Waals surface area contributed by atoms with Gasteiger partial charge in [-0.2, -0.15) is 0 Å². The molecule has 0 spiro atoms. The number of aliphatic hydroxyl groups excluding tert-OH is 4. The van der Waals surface area contributed by atoms with Crippen LogP contribution in [0.3, 0.4) is 0 Å². The largest absolute Gasteiger partial charge is 0.508 e. The number of hydrogen-bond acceptors (Lipinski definition) is 10. The Hall–Kier alpha value is -3.15. The van der Waals surface area contributed by atoms with Gasteiger partial charge >= 0.3 is 5.97 Å². The minimum atomic E-state index is -1.68. The van der Waals surface area contributed by atoms with Crippen molar-refractivity contribution in [3.05, 3.63) is 53.1 Å². The molecule has 32 heavy (non-hydrogen) atoms. The maximum absolute atomic E-state index is 12.8. The van der Waals surface area contributed by atoms with E-state index in [0.29, 0.717) is 5.56 Å². The van der Waals surface area contributed by atoms with Gasteiger partial charge in [-0.3, -0.25) is 0 Å². The van der Waals surface area contributed by atoms with E-state index in [1.165, 1.54) is 31.4 Å². The van der Waals surface area contributed by atoms with Crippen molar-refractivity contribution in [3.8, 4) is 17.2 Å². The summed E-state index contributed by atoms with van der Waals surface area (Å²) < 4.78 is 16.4. The van der Waals surface area contributed by atoms with E-state index in [1.54, 1.807) is 12.1 Å². The second-order valence-electron chi connectivity index (χ2n) is 7.47. The average molecular weight is 446 g/mol. The lowest BCUT2D eigenvalue weighted by Crippen LogP contribution is -2.55. The first kappa shape index (κ1) is 22.1. The minimum Gasteiger partial charge on any atom is -0.508 e. The summed E-state index contributed by atoms with van der Waals surface area (Å²) in [6.45, 7) is -0.656. The quantitative estimate of drug-likeness (QED) is 0.163. The summed E-state index contributed by atoms with van der Waals surface area (Å²) in [6, 6.07) is 8.63. The first-order chi connectivity index (χ1) is 15.3. The normalized spacial score (nSPS) is 28.8. The van der Waals surface area contributed by atoms with Crippen LogP contribution >= 0.6 is 0 Å². The predicted molar refractivity (Wildman–Crippen MR) is 108 cm³/mol. The van der Waals surface area contributed by atoms with E-state index in [9.17, 15) is 35.4 Å². The zero-order valence-electron chi connectivity index (χ0n) is 16.9. The molecule has 6 N–H and O–H groups in total. The standard InChI is InChI=1S/C22H22O10/c1-30-19(9-2-4-10(24)5-3-9)14-11-6-7-12(25)15(20(11)32-22(14)29)21-18(28)17(27)16(26)13(8-23)31-21/h2-7,13,16-18,21,23-28H,8H2,1H3/b19-14-/t13-,16-,17+,18-,21+/m1/s1. The van der Waals surface area contributed by atoms with E-state index in [-0.39, 0.29) is 39.7 Å². The maximum atomic E-state index is 12.8. The van der Waals surface area contributed by atoms with Crippen molar-refractivity contribution in [2.75, 3.05) is 13.7 Å². The average Bonchev–Trinajstić information content (AvgIpc) is 3.10. The van der Waals surface area contributed by atoms with Crippen molar-refractivity contribution < 1.29 is 49.6 Å². The summed E-state index contributed by atoms with van der Waals surface area (Å²) in [5.74, 6) is -1.10. The summed E-state index contributed by atoms with van der Waals surface area (Å²) in [4.78, 5) is 12.8. The van der Waals surface area contributed by atoms with Crippen molar-refractivity contribution in [2.24, 2.45) is 0 Å². The van der Waals surface area contributed by atoms with E-state index in [0.717, 1.165) is 0 Å². The van der Waals surface area contributed by atoms with Crippen LogP contribution in [0.2, 0.25) is 0 Å². The highest BCUT2D eigenvalue weighted by molar-refractivity contribution is 6.28. The monoisotopic (exact) mass is 446 g/mol. The van der Waals surface area contributed by atoms with Crippen molar-refractivity contribution in [1.82, 2.24) is 0 Å². The predicted octanol–water partition coefficient (Wildman–Crippen LogP) is 0.0464. The molecule has 0 unspecified atom stereocenters. The van der Waals surface area contributed by atoms with Crippen LogP contribution in [0.1, 0.15) is 22.8 Å². The van der Waals surface area contributed by atoms with Crippen LogP contribution in [-0.4, -0.2) is 74.7 Å². The Kier molecular flexibility index (Phi) is 5.80. The van der Waals surface area contributed by atoms with Gasteiger partial charge in [0.1, 0.15) is 59.1 Å². The van der Waals surface area contributed by atoms with Gasteiger partial charge in [0, 0.05) is 11.1 Å². The summed E-state index contributed by atoms with van der Waals surface area (Å²) >= 11 is 0. The highest BCUT2D eigenvalue weighted by Gasteiger charge is 2.47. The SMILES string of the molecule is CO/C(=C1\C(=O)Oc2c1ccc(O)c2[C@@H]1O[C@H](CO)[C@@H](O)[C@H](O)[C@H]1O)c1ccc(O)cc1. The van der Waals surface area contributed by atoms with Crippen molar-refractivity contribution in [3.63, 3.8) is 0 Å². The third-order valence-corrected chi connectivity index (χ3v) is 5.58. The molecule has 1 saturated heterocycles. The molecule has 0 radical (unpaired) electrons. The molecule has 0 aromatic heterocycles. The first-order valence-corrected chi connectivity index (χ1v) is 9.75. The van der Waals surface area contributed by atoms with Crippen molar-refractivity contribution in [2.45, 2.75) is 30.5 Å². The molecule has 2 heterocycles. The van der Waals surface area contributed by atoms with Crippen LogP contribution in [0.5, 0.6) is 17.2 Å². The van der Waals surface area contributed by atoms with Crippen molar-refractivity contribution >= 4 is 17.3 Å². The lowest BCUT2D eigenvalue weighted by atomic mass is 9.89. The fourth-order valence-corrected chi connectivity index (χ4v) is 3.96. The molecule has 10 nitrogen and oxygen atoms in total. The van der Waals surface area contributed by atoms with Gasteiger partial charge in [-0.15, -0.1) is 0 Å². The number of benzene rings is 2. The number of aliphatic hydroxyl groups is 4. The summed E-state index contributed by atoms with van der Waals surface area (Å²) in [5.41, 5.74) is 0.639. The zero-order chi connectivity index (χ0) is 23.2. The van der Waals surface area contributed by atoms with Crippen LogP contribution in [0.25, 0.3) is 11.3 Å². The van der Waals surface area contributed by atoms with E-state index >= 15 is 0 Å². The van der Waals surface area contributed by atoms with E-state index < -0.39 is 43.1 Å². The number of carbonyl (C=O) groups excluding carboxylic acids is 1. The number of aromatic hydroxyl groups is 2. The Morgan fingerprint density at radius 3 is 2.31 bits per heavy atom. The van der Waals surface area contributed by atoms with Crippen molar-refractivity contribution in [1.29, 1.82) is 0 Å². The number of methoxy groups -OCH3 is 1. The number of fused-ring (bicyclic) bond motifs is 1. The van der Waals surface area contributed by atoms with Crippen LogP contribution in [-0.2, 0) is 14.3 Å². The Balaban J connectivity index is 1.86. The molecule has 2 aliphatic rings. The van der Waals surface area contributed by atoms with Gasteiger partial charge in [0.2, 0.25) is 0 Å². The molecule has 0 bridgehead atoms. The number of esters is 1. The maximum Gasteiger partial charge on any atom is 0.348 e. The molecule has 2 aromatic rings. The summed E-state index contributed by atoms with van der Waals surface area (Å²) in [5, 5.41) is 60.2. The van der Waals surface area contributed by atoms with E-state index in [1.807, 2.05) is 0 Å². The second-order valence-corrected chi connectivity index (χ2v) is 7.47. The fraction of sp³-hybridized carbons (Fsp3) is 0.318. The molecule has 4 rings (SSSR count). The number of rotatable bonds is 4. The van der Waals surface area contributed by atoms with E-state index in [4.69, 9.17) is 14.2 Å². The summed E-state index contributed by atoms with van der Waals surface area (Å²) in [7, 11) is 1.36. The molecule has 0 amide bonds. The Morgan fingerprint density at radius 2 is 1.69 bits per heavy atom. The van der Waals surface area contributed by atoms with Crippen LogP contribution in [0.4, 0.5) is 0 Å². The molecule has 170 valence electrons. The topological polar surface area (TPSA) is 166 Å². The smallest absolute Gasteiger partial charge is 0.348 e. The number of phenolic OH excluding ortho intramolecular Hbond substituents is 2. The van der Waals surface area contributed by atoms with Crippen LogP contribution in [0, 0.1) is 0 Å². The lowest BCUT2D eigenvalue weighted by molar-refractivity contribution is -0.232. The highest BCUT2D eigenvalue weighted by atomic mass is 16.6. The van der Waals surface area contributed by atoms with Gasteiger partial charge in [-0.25, -0.2) is 4.79 Å². The number of phenols is 2. The molecule has 2 aliphatic heterocycles. The number of carbonyl (C=O) groups is 1. The van der Waals surface area contributed by atoms with Gasteiger partial charge in [0.15, 0.2) is 0 Å². The Labute approximate surface area is 182 Å². The Bertz CT molecular complexity index is 1060. The third-order valence-electron chi connectivity index (χ3n) is 5.58. The van der Waals surface area contributed by atoms with Crippen LogP contribution < -0.4 is 4.74 Å². The fourth-order valence-electron chi connectivity index (χ4n) is 3.96. The molecular weight excluding hydrogens is 424 g/mol. The van der Waals surface area contributed by atoms with Gasteiger partial charge in [-0.05, 0) is 36.4 Å². The minimum absolute atomic E-state index is 0.0263. The van der Waals surface area contributed by atoms with E-state index in [2.05, 4.69) is 0 Å². The van der Waals surface area contributed by atoms with Crippen LogP contribution in [0.15, 0.2) is 36.4 Å².